The summed E-state index contributed by atoms with van der Waals surface area (Å²) < 4.78 is 53.4. The minimum absolute atomic E-state index is 0.0294. The maximum atomic E-state index is 13.7. The summed E-state index contributed by atoms with van der Waals surface area (Å²) >= 11 is 3.69. The molecule has 3 nitrogen and oxygen atoms in total. The fourth-order valence-corrected chi connectivity index (χ4v) is 5.24. The Balaban J connectivity index is 2.11. The Morgan fingerprint density at radius 2 is 1.89 bits per heavy atom. The molecule has 0 fully saturated rings. The second-order valence-corrected chi connectivity index (χ2v) is 8.80. The summed E-state index contributed by atoms with van der Waals surface area (Å²) in [5, 5.41) is 9.66. The van der Waals surface area contributed by atoms with Crippen LogP contribution in [-0.4, -0.2) is 22.3 Å². The van der Waals surface area contributed by atoms with E-state index in [1.54, 1.807) is 13.2 Å². The van der Waals surface area contributed by atoms with Gasteiger partial charge in [-0.1, -0.05) is 0 Å². The Morgan fingerprint density at radius 3 is 2.48 bits per heavy atom. The number of nitrogens with zero attached hydrogens (tertiary/aromatic N) is 1. The van der Waals surface area contributed by atoms with Crippen molar-refractivity contribution in [3.63, 3.8) is 0 Å². The topological polar surface area (TPSA) is 50.2 Å². The van der Waals surface area contributed by atoms with Crippen molar-refractivity contribution in [2.45, 2.75) is 17.3 Å². The van der Waals surface area contributed by atoms with Crippen molar-refractivity contribution in [2.24, 2.45) is 0 Å². The number of hydrogen-bond donors (Lipinski definition) is 1. The molecule has 3 aromatic rings. The molecule has 3 rings (SSSR count). The first-order valence-electron chi connectivity index (χ1n) is 7.37. The first kappa shape index (κ1) is 19.8. The number of aromatic carboxylic acids is 1. The van der Waals surface area contributed by atoms with Crippen LogP contribution in [0.1, 0.15) is 20.1 Å². The minimum atomic E-state index is -4.67. The van der Waals surface area contributed by atoms with E-state index < -0.39 is 23.5 Å². The third-order valence-corrected chi connectivity index (χ3v) is 6.88. The Morgan fingerprint density at radius 1 is 1.19 bits per heavy atom. The molecule has 10 heteroatoms. The third kappa shape index (κ3) is 4.02. The normalized spacial score (nSPS) is 11.8. The molecule has 0 atom stereocenters. The first-order chi connectivity index (χ1) is 12.6. The molecule has 142 valence electrons. The van der Waals surface area contributed by atoms with Crippen molar-refractivity contribution in [1.29, 1.82) is 0 Å². The summed E-state index contributed by atoms with van der Waals surface area (Å²) in [5.41, 5.74) is -0.200. The monoisotopic (exact) mass is 433 g/mol. The zero-order valence-electron chi connectivity index (χ0n) is 13.8. The van der Waals surface area contributed by atoms with E-state index in [9.17, 15) is 27.5 Å². The molecule has 0 amide bonds. The van der Waals surface area contributed by atoms with E-state index in [2.05, 4.69) is 4.98 Å². The highest BCUT2D eigenvalue weighted by Gasteiger charge is 2.32. The van der Waals surface area contributed by atoms with Crippen molar-refractivity contribution in [3.05, 3.63) is 45.4 Å². The van der Waals surface area contributed by atoms with Gasteiger partial charge in [0.1, 0.15) is 15.7 Å². The van der Waals surface area contributed by atoms with Gasteiger partial charge in [0.2, 0.25) is 0 Å². The van der Waals surface area contributed by atoms with E-state index in [4.69, 9.17) is 0 Å². The summed E-state index contributed by atoms with van der Waals surface area (Å²) in [5.74, 6) is -2.06. The molecule has 0 aliphatic rings. The van der Waals surface area contributed by atoms with Crippen LogP contribution >= 0.6 is 34.4 Å². The fourth-order valence-electron chi connectivity index (χ4n) is 2.45. The summed E-state index contributed by atoms with van der Waals surface area (Å²) in [6.07, 6.45) is -2.87. The van der Waals surface area contributed by atoms with Gasteiger partial charge in [0.25, 0.3) is 0 Å². The average Bonchev–Trinajstić information content (AvgIpc) is 3.16. The Labute approximate surface area is 163 Å². The summed E-state index contributed by atoms with van der Waals surface area (Å²) in [6.45, 7) is 1.68. The number of thiophene rings is 1. The van der Waals surface area contributed by atoms with Gasteiger partial charge in [-0.05, 0) is 37.4 Å². The largest absolute Gasteiger partial charge is 0.477 e. The molecule has 0 radical (unpaired) electrons. The molecular weight excluding hydrogens is 422 g/mol. The molecule has 0 saturated heterocycles. The minimum Gasteiger partial charge on any atom is -0.477 e. The number of halogens is 4. The predicted molar refractivity (Wildman–Crippen MR) is 99.3 cm³/mol. The van der Waals surface area contributed by atoms with E-state index in [-0.39, 0.29) is 16.1 Å². The van der Waals surface area contributed by atoms with Crippen LogP contribution in [0.4, 0.5) is 17.6 Å². The molecule has 0 bridgehead atoms. The lowest BCUT2D eigenvalue weighted by Crippen LogP contribution is -2.05. The molecule has 1 N–H and O–H groups in total. The predicted octanol–water partition coefficient (Wildman–Crippen LogP) is 6.43. The van der Waals surface area contributed by atoms with Gasteiger partial charge in [-0.25, -0.2) is 14.2 Å². The number of alkyl halides is 3. The molecule has 0 unspecified atom stereocenters. The van der Waals surface area contributed by atoms with Crippen LogP contribution in [0.15, 0.2) is 28.5 Å². The molecule has 0 aliphatic heterocycles. The van der Waals surface area contributed by atoms with Crippen LogP contribution in [0.25, 0.3) is 21.8 Å². The van der Waals surface area contributed by atoms with Crippen molar-refractivity contribution in [3.8, 4) is 21.8 Å². The van der Waals surface area contributed by atoms with Crippen LogP contribution in [0, 0.1) is 12.7 Å². The molecule has 2 aromatic heterocycles. The van der Waals surface area contributed by atoms with Crippen molar-refractivity contribution < 1.29 is 27.5 Å². The SMILES string of the molecule is CSc1sc(C(=O)O)cc1-c1nc(-c2cc(F)cc(C(F)(F)F)c2)c(C)s1. The molecule has 0 aliphatic carbocycles. The number of rotatable bonds is 4. The van der Waals surface area contributed by atoms with E-state index >= 15 is 0 Å². The highest BCUT2D eigenvalue weighted by Crippen LogP contribution is 2.42. The maximum Gasteiger partial charge on any atom is 0.416 e. The van der Waals surface area contributed by atoms with E-state index in [0.29, 0.717) is 21.5 Å². The molecule has 0 saturated carbocycles. The average molecular weight is 433 g/mol. The number of thiazole rings is 1. The number of carbonyl (C=O) groups is 1. The summed E-state index contributed by atoms with van der Waals surface area (Å²) in [6, 6.07) is 3.80. The second kappa shape index (κ2) is 7.25. The quantitative estimate of drug-likeness (QED) is 0.381. The lowest BCUT2D eigenvalue weighted by Gasteiger charge is -2.08. The van der Waals surface area contributed by atoms with Gasteiger partial charge in [0, 0.05) is 16.0 Å². The van der Waals surface area contributed by atoms with Crippen LogP contribution in [0.2, 0.25) is 0 Å². The van der Waals surface area contributed by atoms with Crippen LogP contribution in [-0.2, 0) is 6.18 Å². The number of benzene rings is 1. The lowest BCUT2D eigenvalue weighted by molar-refractivity contribution is -0.137. The first-order valence-corrected chi connectivity index (χ1v) is 10.2. The smallest absolute Gasteiger partial charge is 0.416 e. The maximum absolute atomic E-state index is 13.7. The molecular formula is C17H11F4NO2S3. The van der Waals surface area contributed by atoms with E-state index in [0.717, 1.165) is 27.7 Å². The van der Waals surface area contributed by atoms with Crippen LogP contribution in [0.5, 0.6) is 0 Å². The van der Waals surface area contributed by atoms with Gasteiger partial charge in [0.15, 0.2) is 0 Å². The fraction of sp³-hybridized carbons (Fsp3) is 0.176. The molecule has 1 aromatic carbocycles. The van der Waals surface area contributed by atoms with Gasteiger partial charge in [-0.2, -0.15) is 13.2 Å². The van der Waals surface area contributed by atoms with Gasteiger partial charge in [-0.15, -0.1) is 34.4 Å². The highest BCUT2D eigenvalue weighted by molar-refractivity contribution is 8.00. The van der Waals surface area contributed by atoms with Crippen molar-refractivity contribution in [1.82, 2.24) is 4.98 Å². The summed E-state index contributed by atoms with van der Waals surface area (Å²) in [7, 11) is 0. The van der Waals surface area contributed by atoms with Crippen LogP contribution in [0.3, 0.4) is 0 Å². The zero-order chi connectivity index (χ0) is 19.9. The van der Waals surface area contributed by atoms with E-state index in [1.165, 1.54) is 29.2 Å². The third-order valence-electron chi connectivity index (χ3n) is 3.62. The highest BCUT2D eigenvalue weighted by atomic mass is 32.2. The number of hydrogen-bond acceptors (Lipinski definition) is 5. The number of aryl methyl sites for hydroxylation is 1. The zero-order valence-corrected chi connectivity index (χ0v) is 16.3. The standard InChI is InChI=1S/C17H11F4NO2S3/c1-7-13(8-3-9(17(19,20)21)5-10(18)4-8)22-14(26-7)11-6-12(15(23)24)27-16(11)25-2/h3-6H,1-2H3,(H,23,24). The van der Waals surface area contributed by atoms with Gasteiger partial charge >= 0.3 is 12.1 Å². The Hall–Kier alpha value is -1.91. The van der Waals surface area contributed by atoms with E-state index in [1.807, 2.05) is 0 Å². The van der Waals surface area contributed by atoms with Gasteiger partial charge in [-0.3, -0.25) is 0 Å². The number of carboxylic acid groups (broad SMARTS) is 1. The Kier molecular flexibility index (Phi) is 5.33. The second-order valence-electron chi connectivity index (χ2n) is 5.47. The number of aromatic nitrogens is 1. The molecule has 27 heavy (non-hydrogen) atoms. The van der Waals surface area contributed by atoms with Gasteiger partial charge in [0.05, 0.1) is 15.5 Å². The van der Waals surface area contributed by atoms with Crippen LogP contribution < -0.4 is 0 Å². The Bertz CT molecular complexity index is 1020. The summed E-state index contributed by atoms with van der Waals surface area (Å²) in [4.78, 5) is 16.4. The lowest BCUT2D eigenvalue weighted by atomic mass is 10.1. The number of carboxylic acids is 1. The van der Waals surface area contributed by atoms with Gasteiger partial charge < -0.3 is 5.11 Å². The molecule has 2 heterocycles. The number of thioether (sulfide) groups is 1. The van der Waals surface area contributed by atoms with Crippen molar-refractivity contribution >= 4 is 40.4 Å². The molecule has 0 spiro atoms. The van der Waals surface area contributed by atoms with Crippen molar-refractivity contribution in [2.75, 3.05) is 6.26 Å².